The van der Waals surface area contributed by atoms with E-state index in [-0.39, 0.29) is 0 Å². The largest absolute Gasteiger partial charge is 0.489 e. The molecule has 3 aromatic carbocycles. The first-order valence-electron chi connectivity index (χ1n) is 7.78. The minimum absolute atomic E-state index is 0.497. The molecule has 3 heteroatoms. The fourth-order valence-electron chi connectivity index (χ4n) is 2.30. The van der Waals surface area contributed by atoms with Crippen molar-refractivity contribution < 1.29 is 4.74 Å². The zero-order valence-corrected chi connectivity index (χ0v) is 14.2. The Balaban J connectivity index is 1.62. The van der Waals surface area contributed by atoms with Crippen LogP contribution >= 0.6 is 11.6 Å². The van der Waals surface area contributed by atoms with Gasteiger partial charge in [0.25, 0.3) is 0 Å². The molecule has 0 N–H and O–H groups in total. The number of ether oxygens (including phenoxy) is 1. The summed E-state index contributed by atoms with van der Waals surface area (Å²) in [5.74, 6) is 0.822. The maximum Gasteiger partial charge on any atom is 0.119 e. The first-order valence-corrected chi connectivity index (χ1v) is 8.15. The molecule has 0 saturated heterocycles. The molecule has 0 aromatic heterocycles. The van der Waals surface area contributed by atoms with Gasteiger partial charge in [-0.15, -0.1) is 0 Å². The quantitative estimate of drug-likeness (QED) is 0.526. The maximum absolute atomic E-state index is 5.97. The topological polar surface area (TPSA) is 21.6 Å². The van der Waals surface area contributed by atoms with Gasteiger partial charge < -0.3 is 4.74 Å². The van der Waals surface area contributed by atoms with Crippen molar-refractivity contribution in [3.63, 3.8) is 0 Å². The molecular weight excluding hydrogens is 318 g/mol. The molecule has 0 aliphatic rings. The fraction of sp³-hybridized carbons (Fsp3) is 0.0952. The number of halogens is 1. The number of hydrogen-bond acceptors (Lipinski definition) is 2. The normalized spacial score (nSPS) is 10.9. The molecule has 0 atom stereocenters. The van der Waals surface area contributed by atoms with Gasteiger partial charge >= 0.3 is 0 Å². The van der Waals surface area contributed by atoms with Crippen molar-refractivity contribution in [3.05, 3.63) is 94.5 Å². The molecule has 2 nitrogen and oxygen atoms in total. The zero-order valence-electron chi connectivity index (χ0n) is 13.4. The molecule has 0 bridgehead atoms. The molecule has 0 spiro atoms. The Kier molecular flexibility index (Phi) is 5.29. The lowest BCUT2D eigenvalue weighted by atomic mass is 10.2. The number of aryl methyl sites for hydroxylation is 1. The molecule has 0 unspecified atom stereocenters. The van der Waals surface area contributed by atoms with Gasteiger partial charge in [0, 0.05) is 11.2 Å². The number of hydrogen-bond donors (Lipinski definition) is 0. The predicted molar refractivity (Wildman–Crippen MR) is 101 cm³/mol. The summed E-state index contributed by atoms with van der Waals surface area (Å²) in [6.07, 6.45) is 1.86. The third kappa shape index (κ3) is 4.46. The standard InChI is InChI=1S/C21H18ClNO/c1-16-5-2-3-8-21(16)23-14-17-9-11-20(12-10-17)24-15-18-6-4-7-19(22)13-18/h2-14H,15H2,1H3. The van der Waals surface area contributed by atoms with E-state index in [1.807, 2.05) is 72.9 Å². The van der Waals surface area contributed by atoms with Crippen LogP contribution in [0.2, 0.25) is 5.02 Å². The van der Waals surface area contributed by atoms with Crippen LogP contribution in [0, 0.1) is 6.92 Å². The lowest BCUT2D eigenvalue weighted by Crippen LogP contribution is -1.95. The molecule has 0 fully saturated rings. The van der Waals surface area contributed by atoms with E-state index < -0.39 is 0 Å². The molecule has 24 heavy (non-hydrogen) atoms. The molecule has 0 radical (unpaired) electrons. The zero-order chi connectivity index (χ0) is 16.8. The highest BCUT2D eigenvalue weighted by Crippen LogP contribution is 2.18. The van der Waals surface area contributed by atoms with Gasteiger partial charge in [0.05, 0.1) is 5.69 Å². The maximum atomic E-state index is 5.97. The van der Waals surface area contributed by atoms with Crippen molar-refractivity contribution in [1.29, 1.82) is 0 Å². The van der Waals surface area contributed by atoms with E-state index in [1.165, 1.54) is 0 Å². The van der Waals surface area contributed by atoms with Crippen LogP contribution in [0.1, 0.15) is 16.7 Å². The fourth-order valence-corrected chi connectivity index (χ4v) is 2.51. The molecule has 0 heterocycles. The molecule has 120 valence electrons. The Morgan fingerprint density at radius 3 is 2.50 bits per heavy atom. The van der Waals surface area contributed by atoms with Crippen LogP contribution in [0.3, 0.4) is 0 Å². The Morgan fingerprint density at radius 2 is 1.75 bits per heavy atom. The lowest BCUT2D eigenvalue weighted by molar-refractivity contribution is 0.306. The highest BCUT2D eigenvalue weighted by atomic mass is 35.5. The van der Waals surface area contributed by atoms with E-state index in [4.69, 9.17) is 16.3 Å². The first-order chi connectivity index (χ1) is 11.7. The van der Waals surface area contributed by atoms with E-state index in [0.29, 0.717) is 6.61 Å². The summed E-state index contributed by atoms with van der Waals surface area (Å²) < 4.78 is 5.78. The molecule has 0 amide bonds. The van der Waals surface area contributed by atoms with Crippen LogP contribution in [0.25, 0.3) is 0 Å². The second kappa shape index (κ2) is 7.80. The Hall–Kier alpha value is -2.58. The van der Waals surface area contributed by atoms with Crippen molar-refractivity contribution in [2.45, 2.75) is 13.5 Å². The van der Waals surface area contributed by atoms with Crippen LogP contribution in [-0.4, -0.2) is 6.21 Å². The molecule has 3 aromatic rings. The lowest BCUT2D eigenvalue weighted by Gasteiger charge is -2.07. The average Bonchev–Trinajstić information content (AvgIpc) is 2.60. The van der Waals surface area contributed by atoms with Crippen LogP contribution in [0.5, 0.6) is 5.75 Å². The van der Waals surface area contributed by atoms with E-state index in [0.717, 1.165) is 33.1 Å². The molecule has 3 rings (SSSR count). The molecule has 0 aliphatic carbocycles. The summed E-state index contributed by atoms with van der Waals surface area (Å²) in [5, 5.41) is 0.721. The highest BCUT2D eigenvalue weighted by Gasteiger charge is 1.98. The number of benzene rings is 3. The highest BCUT2D eigenvalue weighted by molar-refractivity contribution is 6.30. The summed E-state index contributed by atoms with van der Waals surface area (Å²) in [4.78, 5) is 4.53. The minimum atomic E-state index is 0.497. The van der Waals surface area contributed by atoms with Crippen molar-refractivity contribution in [3.8, 4) is 5.75 Å². The summed E-state index contributed by atoms with van der Waals surface area (Å²) >= 11 is 5.97. The van der Waals surface area contributed by atoms with Crippen molar-refractivity contribution in [1.82, 2.24) is 0 Å². The van der Waals surface area contributed by atoms with Gasteiger partial charge in [0.2, 0.25) is 0 Å². The van der Waals surface area contributed by atoms with Gasteiger partial charge in [-0.05, 0) is 66.1 Å². The minimum Gasteiger partial charge on any atom is -0.489 e. The Morgan fingerprint density at radius 1 is 0.958 bits per heavy atom. The van der Waals surface area contributed by atoms with E-state index >= 15 is 0 Å². The summed E-state index contributed by atoms with van der Waals surface area (Å²) in [6.45, 7) is 2.55. The van der Waals surface area contributed by atoms with Crippen molar-refractivity contribution in [2.75, 3.05) is 0 Å². The van der Waals surface area contributed by atoms with Crippen molar-refractivity contribution in [2.24, 2.45) is 4.99 Å². The second-order valence-corrected chi connectivity index (χ2v) is 5.97. The smallest absolute Gasteiger partial charge is 0.119 e. The monoisotopic (exact) mass is 335 g/mol. The summed E-state index contributed by atoms with van der Waals surface area (Å²) in [7, 11) is 0. The van der Waals surface area contributed by atoms with Gasteiger partial charge in [0.15, 0.2) is 0 Å². The van der Waals surface area contributed by atoms with Gasteiger partial charge in [0.1, 0.15) is 12.4 Å². The van der Waals surface area contributed by atoms with Crippen LogP contribution < -0.4 is 4.74 Å². The summed E-state index contributed by atoms with van der Waals surface area (Å²) in [5.41, 5.74) is 4.23. The first kappa shape index (κ1) is 16.3. The second-order valence-electron chi connectivity index (χ2n) is 5.53. The Labute approximate surface area is 147 Å². The van der Waals surface area contributed by atoms with Gasteiger partial charge in [-0.2, -0.15) is 0 Å². The third-order valence-corrected chi connectivity index (χ3v) is 3.88. The number of nitrogens with zero attached hydrogens (tertiary/aromatic N) is 1. The number of para-hydroxylation sites is 1. The number of aliphatic imine (C=N–C) groups is 1. The average molecular weight is 336 g/mol. The van der Waals surface area contributed by atoms with Gasteiger partial charge in [-0.25, -0.2) is 0 Å². The SMILES string of the molecule is Cc1ccccc1N=Cc1ccc(OCc2cccc(Cl)c2)cc1. The Bertz CT molecular complexity index is 840. The van der Waals surface area contributed by atoms with E-state index in [1.54, 1.807) is 0 Å². The van der Waals surface area contributed by atoms with Crippen LogP contribution in [0.15, 0.2) is 77.8 Å². The number of rotatable bonds is 5. The van der Waals surface area contributed by atoms with Crippen LogP contribution in [-0.2, 0) is 6.61 Å². The van der Waals surface area contributed by atoms with Crippen molar-refractivity contribution >= 4 is 23.5 Å². The van der Waals surface area contributed by atoms with Gasteiger partial charge in [-0.3, -0.25) is 4.99 Å². The van der Waals surface area contributed by atoms with E-state index in [9.17, 15) is 0 Å². The van der Waals surface area contributed by atoms with Gasteiger partial charge in [-0.1, -0.05) is 41.9 Å². The third-order valence-electron chi connectivity index (χ3n) is 3.64. The molecule has 0 aliphatic heterocycles. The molecular formula is C21H18ClNO. The summed E-state index contributed by atoms with van der Waals surface area (Å²) in [6, 6.07) is 23.6. The molecule has 0 saturated carbocycles. The predicted octanol–water partition coefficient (Wildman–Crippen LogP) is 5.98. The van der Waals surface area contributed by atoms with Crippen LogP contribution in [0.4, 0.5) is 5.69 Å². The van der Waals surface area contributed by atoms with E-state index in [2.05, 4.69) is 18.0 Å².